The molecule has 0 saturated heterocycles. The second-order valence-corrected chi connectivity index (χ2v) is 9.89. The van der Waals surface area contributed by atoms with Crippen LogP contribution in [0, 0.1) is 5.82 Å². The molecule has 0 aliphatic carbocycles. The number of aromatic nitrogens is 3. The Hall–Kier alpha value is -5.02. The molecule has 0 spiro atoms. The number of carboxylic acids is 1. The molecule has 6 aromatic rings. The van der Waals surface area contributed by atoms with Gasteiger partial charge in [0, 0.05) is 46.1 Å². The largest absolute Gasteiger partial charge is 0.481 e. The predicted octanol–water partition coefficient (Wildman–Crippen LogP) is 7.29. The Morgan fingerprint density at radius 3 is 2.56 bits per heavy atom. The van der Waals surface area contributed by atoms with Gasteiger partial charge in [-0.05, 0) is 66.2 Å². The summed E-state index contributed by atoms with van der Waals surface area (Å²) < 4.78 is 20.7. The summed E-state index contributed by atoms with van der Waals surface area (Å²) in [4.78, 5) is 33.8. The number of carboxylic acid groups (broad SMARTS) is 1. The minimum Gasteiger partial charge on any atom is -0.481 e. The number of halogens is 2. The monoisotopic (exact) mass is 568 g/mol. The number of benzene rings is 3. The van der Waals surface area contributed by atoms with Crippen LogP contribution in [-0.4, -0.2) is 31.4 Å². The van der Waals surface area contributed by atoms with E-state index in [-0.39, 0.29) is 24.4 Å². The summed E-state index contributed by atoms with van der Waals surface area (Å²) in [5, 5.41) is 14.2. The van der Waals surface area contributed by atoms with Crippen molar-refractivity contribution in [3.05, 3.63) is 107 Å². The molecule has 0 saturated carbocycles. The highest BCUT2D eigenvalue weighted by molar-refractivity contribution is 6.31. The van der Waals surface area contributed by atoms with Crippen LogP contribution < -0.4 is 5.32 Å². The van der Waals surface area contributed by atoms with E-state index in [1.807, 2.05) is 30.3 Å². The Labute approximate surface area is 238 Å². The summed E-state index contributed by atoms with van der Waals surface area (Å²) in [5.74, 6) is -0.175. The molecule has 6 rings (SSSR count). The first-order valence-electron chi connectivity index (χ1n) is 12.8. The summed E-state index contributed by atoms with van der Waals surface area (Å²) in [6, 6.07) is 20.7. The first-order chi connectivity index (χ1) is 19.9. The van der Waals surface area contributed by atoms with Crippen LogP contribution in [0.25, 0.3) is 39.1 Å². The number of carbonyl (C=O) groups excluding carboxylic acids is 1. The van der Waals surface area contributed by atoms with E-state index >= 15 is 0 Å². The molecule has 0 fully saturated rings. The second kappa shape index (κ2) is 10.9. The molecular formula is C31H22ClFN4O4. The van der Waals surface area contributed by atoms with E-state index in [1.54, 1.807) is 47.4 Å². The van der Waals surface area contributed by atoms with Crippen LogP contribution in [0.2, 0.25) is 5.02 Å². The summed E-state index contributed by atoms with van der Waals surface area (Å²) in [7, 11) is 0. The molecule has 3 aromatic heterocycles. The molecule has 0 bridgehead atoms. The molecule has 3 aromatic carbocycles. The number of ketones is 1. The third-order valence-corrected chi connectivity index (χ3v) is 6.95. The fraction of sp³-hybridized carbons (Fsp3) is 0.0968. The highest BCUT2D eigenvalue weighted by Crippen LogP contribution is 2.32. The zero-order chi connectivity index (χ0) is 28.5. The number of Topliss-reactive ketones (excluding diaryl/α,β-unsaturated/α-hetero) is 1. The van der Waals surface area contributed by atoms with Crippen molar-refractivity contribution in [3.63, 3.8) is 0 Å². The van der Waals surface area contributed by atoms with Crippen LogP contribution in [0.4, 0.5) is 10.2 Å². The number of anilines is 1. The lowest BCUT2D eigenvalue weighted by atomic mass is 10.1. The van der Waals surface area contributed by atoms with E-state index in [4.69, 9.17) is 31.1 Å². The van der Waals surface area contributed by atoms with E-state index in [0.717, 1.165) is 16.5 Å². The fourth-order valence-electron chi connectivity index (χ4n) is 4.69. The summed E-state index contributed by atoms with van der Waals surface area (Å²) in [5.41, 5.74) is 3.32. The maximum atomic E-state index is 13.5. The van der Waals surface area contributed by atoms with Crippen LogP contribution >= 0.6 is 11.6 Å². The Morgan fingerprint density at radius 2 is 1.80 bits per heavy atom. The van der Waals surface area contributed by atoms with E-state index in [9.17, 15) is 14.0 Å². The molecule has 0 aliphatic heterocycles. The van der Waals surface area contributed by atoms with Crippen molar-refractivity contribution in [1.82, 2.24) is 14.5 Å². The van der Waals surface area contributed by atoms with Gasteiger partial charge in [0.2, 0.25) is 5.95 Å². The van der Waals surface area contributed by atoms with Crippen molar-refractivity contribution in [2.45, 2.75) is 19.4 Å². The third-order valence-electron chi connectivity index (χ3n) is 6.71. The molecule has 0 atom stereocenters. The van der Waals surface area contributed by atoms with E-state index in [0.29, 0.717) is 51.1 Å². The zero-order valence-electron chi connectivity index (χ0n) is 21.5. The van der Waals surface area contributed by atoms with Crippen molar-refractivity contribution in [1.29, 1.82) is 0 Å². The maximum absolute atomic E-state index is 13.5. The molecular weight excluding hydrogens is 547 g/mol. The van der Waals surface area contributed by atoms with Gasteiger partial charge in [0.1, 0.15) is 17.4 Å². The number of hydrogen-bond acceptors (Lipinski definition) is 6. The number of nitrogens with one attached hydrogen (secondary N) is 1. The standard InChI is InChI=1S/C31H22ClFN4O4/c32-20-6-10-26-22(15-20)24(27(38)11-12-29(39)40)17-37(26)31-35-25-9-5-19(28-2-1-13-41-28)14-23(25)30(36-31)34-16-18-3-7-21(33)8-4-18/h1-10,13-15,17H,11-12,16H2,(H,39,40)(H,34,35,36). The smallest absolute Gasteiger partial charge is 0.303 e. The van der Waals surface area contributed by atoms with Crippen LogP contribution in [0.15, 0.2) is 89.7 Å². The molecule has 0 aliphatic rings. The molecule has 0 unspecified atom stereocenters. The molecule has 41 heavy (non-hydrogen) atoms. The summed E-state index contributed by atoms with van der Waals surface area (Å²) in [6.45, 7) is 0.373. The van der Waals surface area contributed by atoms with E-state index in [1.165, 1.54) is 12.1 Å². The van der Waals surface area contributed by atoms with Gasteiger partial charge in [-0.25, -0.2) is 9.37 Å². The van der Waals surface area contributed by atoms with Crippen molar-refractivity contribution < 1.29 is 23.5 Å². The highest BCUT2D eigenvalue weighted by atomic mass is 35.5. The fourth-order valence-corrected chi connectivity index (χ4v) is 4.86. The number of furan rings is 1. The number of fused-ring (bicyclic) bond motifs is 2. The average Bonchev–Trinajstić information content (AvgIpc) is 3.64. The first-order valence-corrected chi connectivity index (χ1v) is 13.1. The van der Waals surface area contributed by atoms with Crippen molar-refractivity contribution in [3.8, 4) is 17.3 Å². The normalized spacial score (nSPS) is 11.3. The summed E-state index contributed by atoms with van der Waals surface area (Å²) in [6.07, 6.45) is 2.78. The van der Waals surface area contributed by atoms with Gasteiger partial charge >= 0.3 is 5.97 Å². The maximum Gasteiger partial charge on any atom is 0.303 e. The number of carbonyl (C=O) groups is 2. The van der Waals surface area contributed by atoms with Gasteiger partial charge in [0.25, 0.3) is 0 Å². The third kappa shape index (κ3) is 5.39. The van der Waals surface area contributed by atoms with Crippen molar-refractivity contribution >= 4 is 51.0 Å². The van der Waals surface area contributed by atoms with Gasteiger partial charge in [-0.2, -0.15) is 4.98 Å². The lowest BCUT2D eigenvalue weighted by Gasteiger charge is -2.13. The quantitative estimate of drug-likeness (QED) is 0.176. The molecule has 10 heteroatoms. The van der Waals surface area contributed by atoms with Crippen molar-refractivity contribution in [2.24, 2.45) is 0 Å². The molecule has 0 amide bonds. The van der Waals surface area contributed by atoms with Crippen molar-refractivity contribution in [2.75, 3.05) is 5.32 Å². The molecule has 204 valence electrons. The molecule has 0 radical (unpaired) electrons. The Morgan fingerprint density at radius 1 is 0.976 bits per heavy atom. The van der Waals surface area contributed by atoms with Crippen LogP contribution in [0.5, 0.6) is 0 Å². The second-order valence-electron chi connectivity index (χ2n) is 9.45. The Balaban J connectivity index is 1.48. The van der Waals surface area contributed by atoms with E-state index < -0.39 is 5.97 Å². The Kier molecular flexibility index (Phi) is 6.94. The lowest BCUT2D eigenvalue weighted by Crippen LogP contribution is -2.08. The highest BCUT2D eigenvalue weighted by Gasteiger charge is 2.20. The van der Waals surface area contributed by atoms with Gasteiger partial charge in [0.05, 0.1) is 23.7 Å². The summed E-state index contributed by atoms with van der Waals surface area (Å²) >= 11 is 6.26. The lowest BCUT2D eigenvalue weighted by molar-refractivity contribution is -0.136. The average molecular weight is 569 g/mol. The van der Waals surface area contributed by atoms with Gasteiger partial charge in [-0.15, -0.1) is 0 Å². The van der Waals surface area contributed by atoms with Gasteiger partial charge in [0.15, 0.2) is 5.78 Å². The molecule has 2 N–H and O–H groups in total. The van der Waals surface area contributed by atoms with Crippen LogP contribution in [0.1, 0.15) is 28.8 Å². The first kappa shape index (κ1) is 26.2. The van der Waals surface area contributed by atoms with Gasteiger partial charge < -0.3 is 14.8 Å². The number of hydrogen-bond donors (Lipinski definition) is 2. The molecule has 3 heterocycles. The minimum absolute atomic E-state index is 0.153. The van der Waals surface area contributed by atoms with E-state index in [2.05, 4.69) is 5.32 Å². The minimum atomic E-state index is -1.05. The SMILES string of the molecule is O=C(O)CCC(=O)c1cn(-c2nc(NCc3ccc(F)cc3)c3cc(-c4ccco4)ccc3n2)c2ccc(Cl)cc12. The number of aliphatic carboxylic acids is 1. The number of rotatable bonds is 9. The molecule has 8 nitrogen and oxygen atoms in total. The van der Waals surface area contributed by atoms with Gasteiger partial charge in [-0.3, -0.25) is 14.2 Å². The Bertz CT molecular complexity index is 1920. The van der Waals surface area contributed by atoms with Crippen LogP contribution in [0.3, 0.4) is 0 Å². The van der Waals surface area contributed by atoms with Crippen LogP contribution in [-0.2, 0) is 11.3 Å². The topological polar surface area (TPSA) is 110 Å². The number of nitrogens with zero attached hydrogens (tertiary/aromatic N) is 3. The van der Waals surface area contributed by atoms with Gasteiger partial charge in [-0.1, -0.05) is 23.7 Å². The predicted molar refractivity (Wildman–Crippen MR) is 154 cm³/mol. The zero-order valence-corrected chi connectivity index (χ0v) is 22.2.